The summed E-state index contributed by atoms with van der Waals surface area (Å²) in [4.78, 5) is 32.3. The van der Waals surface area contributed by atoms with Gasteiger partial charge in [-0.1, -0.05) is 0 Å². The van der Waals surface area contributed by atoms with Gasteiger partial charge in [0.05, 0.1) is 17.0 Å². The normalized spacial score (nSPS) is 11.7. The van der Waals surface area contributed by atoms with E-state index in [2.05, 4.69) is 5.32 Å². The summed E-state index contributed by atoms with van der Waals surface area (Å²) in [5.74, 6) is -1.59. The topological polar surface area (TPSA) is 136 Å². The predicted molar refractivity (Wildman–Crippen MR) is 73.3 cm³/mol. The Kier molecular flexibility index (Phi) is 5.18. The van der Waals surface area contributed by atoms with Crippen molar-refractivity contribution >= 4 is 40.1 Å². The first kappa shape index (κ1) is 15.3. The molecule has 0 aromatic heterocycles. The molecule has 0 radical (unpaired) electrons. The van der Waals surface area contributed by atoms with Crippen LogP contribution in [0.4, 0.5) is 5.69 Å². The van der Waals surface area contributed by atoms with E-state index < -0.39 is 22.8 Å². The molecule has 1 unspecified atom stereocenters. The molecule has 4 N–H and O–H groups in total. The number of aliphatic hydroxyl groups is 1. The Hall–Kier alpha value is -1.75. The van der Waals surface area contributed by atoms with Crippen LogP contribution in [-0.4, -0.2) is 34.5 Å². The first-order valence-electron chi connectivity index (χ1n) is 5.02. The SMILES string of the molecule is NC(=O)C(O)CNC(=O)c1cc([N+](=O)[O-])ccc1I. The number of halogens is 1. The average Bonchev–Trinajstić information content (AvgIpc) is 2.35. The Morgan fingerprint density at radius 1 is 1.53 bits per heavy atom. The lowest BCUT2D eigenvalue weighted by molar-refractivity contribution is -0.384. The molecule has 2 amide bonds. The van der Waals surface area contributed by atoms with Crippen molar-refractivity contribution in [3.8, 4) is 0 Å². The predicted octanol–water partition coefficient (Wildman–Crippen LogP) is -0.225. The number of nitrogens with two attached hydrogens (primary N) is 1. The van der Waals surface area contributed by atoms with Crippen molar-refractivity contribution in [2.45, 2.75) is 6.10 Å². The van der Waals surface area contributed by atoms with Crippen LogP contribution >= 0.6 is 22.6 Å². The van der Waals surface area contributed by atoms with Crippen LogP contribution in [0, 0.1) is 13.7 Å². The molecule has 0 bridgehead atoms. The highest BCUT2D eigenvalue weighted by Crippen LogP contribution is 2.19. The highest BCUT2D eigenvalue weighted by molar-refractivity contribution is 14.1. The lowest BCUT2D eigenvalue weighted by atomic mass is 10.2. The van der Waals surface area contributed by atoms with Gasteiger partial charge in [0.25, 0.3) is 11.6 Å². The second-order valence-electron chi connectivity index (χ2n) is 3.55. The molecule has 8 nitrogen and oxygen atoms in total. The Balaban J connectivity index is 2.84. The summed E-state index contributed by atoms with van der Waals surface area (Å²) >= 11 is 1.85. The van der Waals surface area contributed by atoms with Gasteiger partial charge in [0.2, 0.25) is 5.91 Å². The monoisotopic (exact) mass is 379 g/mol. The van der Waals surface area contributed by atoms with E-state index in [1.807, 2.05) is 22.6 Å². The first-order valence-corrected chi connectivity index (χ1v) is 6.10. The van der Waals surface area contributed by atoms with E-state index in [1.54, 1.807) is 0 Å². The molecule has 1 aromatic carbocycles. The molecule has 0 spiro atoms. The number of hydrogen-bond donors (Lipinski definition) is 3. The summed E-state index contributed by atoms with van der Waals surface area (Å²) in [6.07, 6.45) is -1.50. The van der Waals surface area contributed by atoms with Crippen LogP contribution < -0.4 is 11.1 Å². The third kappa shape index (κ3) is 4.13. The van der Waals surface area contributed by atoms with E-state index in [0.717, 1.165) is 6.07 Å². The van der Waals surface area contributed by atoms with E-state index in [-0.39, 0.29) is 17.8 Å². The summed E-state index contributed by atoms with van der Waals surface area (Å²) in [5, 5.41) is 22.0. The second-order valence-corrected chi connectivity index (χ2v) is 4.71. The molecule has 0 aliphatic carbocycles. The fraction of sp³-hybridized carbons (Fsp3) is 0.200. The molecule has 19 heavy (non-hydrogen) atoms. The largest absolute Gasteiger partial charge is 0.381 e. The molecule has 0 aliphatic rings. The Bertz CT molecular complexity index is 534. The van der Waals surface area contributed by atoms with Gasteiger partial charge in [-0.15, -0.1) is 0 Å². The van der Waals surface area contributed by atoms with Crippen LogP contribution in [-0.2, 0) is 4.79 Å². The number of nitrogens with one attached hydrogen (secondary N) is 1. The average molecular weight is 379 g/mol. The van der Waals surface area contributed by atoms with Gasteiger partial charge in [-0.3, -0.25) is 19.7 Å². The number of nitrogens with zero attached hydrogens (tertiary/aromatic N) is 1. The minimum absolute atomic E-state index is 0.0893. The van der Waals surface area contributed by atoms with Crippen molar-refractivity contribution in [2.24, 2.45) is 5.73 Å². The molecular formula is C10H10IN3O5. The second kappa shape index (κ2) is 6.43. The molecule has 0 saturated carbocycles. The smallest absolute Gasteiger partial charge is 0.270 e. The number of nitro benzene ring substituents is 1. The summed E-state index contributed by atoms with van der Waals surface area (Å²) < 4.78 is 0.509. The van der Waals surface area contributed by atoms with Crippen LogP contribution in [0.5, 0.6) is 0 Å². The van der Waals surface area contributed by atoms with E-state index in [4.69, 9.17) is 10.8 Å². The van der Waals surface area contributed by atoms with E-state index >= 15 is 0 Å². The van der Waals surface area contributed by atoms with Crippen molar-refractivity contribution in [1.29, 1.82) is 0 Å². The van der Waals surface area contributed by atoms with Crippen LogP contribution in [0.1, 0.15) is 10.4 Å². The summed E-state index contributed by atoms with van der Waals surface area (Å²) in [5.41, 5.74) is 4.69. The number of carbonyl (C=O) groups excluding carboxylic acids is 2. The third-order valence-corrected chi connectivity index (χ3v) is 3.13. The zero-order chi connectivity index (χ0) is 14.6. The standard InChI is InChI=1S/C10H10IN3O5/c11-7-2-1-5(14(18)19)3-6(7)10(17)13-4-8(15)9(12)16/h1-3,8,15H,4H2,(H2,12,16)(H,13,17). The number of benzene rings is 1. The van der Waals surface area contributed by atoms with Crippen LogP contribution in [0.3, 0.4) is 0 Å². The van der Waals surface area contributed by atoms with Gasteiger partial charge >= 0.3 is 0 Å². The Morgan fingerprint density at radius 3 is 2.68 bits per heavy atom. The minimum Gasteiger partial charge on any atom is -0.381 e. The summed E-state index contributed by atoms with van der Waals surface area (Å²) in [7, 11) is 0. The maximum atomic E-state index is 11.8. The van der Waals surface area contributed by atoms with Crippen molar-refractivity contribution in [1.82, 2.24) is 5.32 Å². The van der Waals surface area contributed by atoms with Crippen LogP contribution in [0.15, 0.2) is 18.2 Å². The van der Waals surface area contributed by atoms with Crippen LogP contribution in [0.25, 0.3) is 0 Å². The van der Waals surface area contributed by atoms with E-state index in [0.29, 0.717) is 3.57 Å². The molecular weight excluding hydrogens is 369 g/mol. The third-order valence-electron chi connectivity index (χ3n) is 2.19. The zero-order valence-electron chi connectivity index (χ0n) is 9.50. The molecule has 0 heterocycles. The van der Waals surface area contributed by atoms with Gasteiger partial charge < -0.3 is 16.2 Å². The van der Waals surface area contributed by atoms with Crippen LogP contribution in [0.2, 0.25) is 0 Å². The van der Waals surface area contributed by atoms with Gasteiger partial charge in [-0.25, -0.2) is 0 Å². The van der Waals surface area contributed by atoms with E-state index in [1.165, 1.54) is 12.1 Å². The number of hydrogen-bond acceptors (Lipinski definition) is 5. The number of nitro groups is 1. The molecule has 1 rings (SSSR count). The molecule has 102 valence electrons. The molecule has 1 aromatic rings. The number of non-ortho nitro benzene ring substituents is 1. The quantitative estimate of drug-likeness (QED) is 0.369. The number of rotatable bonds is 5. The van der Waals surface area contributed by atoms with E-state index in [9.17, 15) is 19.7 Å². The van der Waals surface area contributed by atoms with Gasteiger partial charge in [0, 0.05) is 15.7 Å². The lowest BCUT2D eigenvalue weighted by Crippen LogP contribution is -2.40. The zero-order valence-corrected chi connectivity index (χ0v) is 11.7. The molecule has 0 fully saturated rings. The fourth-order valence-electron chi connectivity index (χ4n) is 1.19. The molecule has 0 aliphatic heterocycles. The number of primary amides is 1. The molecule has 0 saturated heterocycles. The number of amides is 2. The van der Waals surface area contributed by atoms with Gasteiger partial charge in [-0.2, -0.15) is 0 Å². The molecule has 9 heteroatoms. The first-order chi connectivity index (χ1) is 8.82. The van der Waals surface area contributed by atoms with Gasteiger partial charge in [0.1, 0.15) is 6.10 Å². The summed E-state index contributed by atoms with van der Waals surface area (Å²) in [6, 6.07) is 3.82. The van der Waals surface area contributed by atoms with Gasteiger partial charge in [-0.05, 0) is 28.7 Å². The van der Waals surface area contributed by atoms with Crippen molar-refractivity contribution in [3.63, 3.8) is 0 Å². The summed E-state index contributed by atoms with van der Waals surface area (Å²) in [6.45, 7) is -0.354. The van der Waals surface area contributed by atoms with Gasteiger partial charge in [0.15, 0.2) is 0 Å². The maximum absolute atomic E-state index is 11.8. The Labute approximate surface area is 121 Å². The highest BCUT2D eigenvalue weighted by Gasteiger charge is 2.17. The number of carbonyl (C=O) groups is 2. The fourth-order valence-corrected chi connectivity index (χ4v) is 1.77. The minimum atomic E-state index is -1.50. The highest BCUT2D eigenvalue weighted by atomic mass is 127. The van der Waals surface area contributed by atoms with Crippen molar-refractivity contribution in [2.75, 3.05) is 6.54 Å². The lowest BCUT2D eigenvalue weighted by Gasteiger charge is -2.09. The number of aliphatic hydroxyl groups excluding tert-OH is 1. The maximum Gasteiger partial charge on any atom is 0.270 e. The van der Waals surface area contributed by atoms with Crippen molar-refractivity contribution < 1.29 is 19.6 Å². The van der Waals surface area contributed by atoms with Crippen molar-refractivity contribution in [3.05, 3.63) is 37.4 Å². The molecule has 1 atom stereocenters. The Morgan fingerprint density at radius 2 is 2.16 bits per heavy atom.